The molecule has 0 saturated carbocycles. The first-order chi connectivity index (χ1) is 20.8. The van der Waals surface area contributed by atoms with E-state index < -0.39 is 0 Å². The molecule has 42 heavy (non-hydrogen) atoms. The minimum atomic E-state index is 0.911. The van der Waals surface area contributed by atoms with E-state index >= 15 is 0 Å². The highest BCUT2D eigenvalue weighted by molar-refractivity contribution is 7.26. The van der Waals surface area contributed by atoms with Crippen LogP contribution in [0.3, 0.4) is 0 Å². The quantitative estimate of drug-likeness (QED) is 0.211. The molecule has 0 spiro atoms. The molecule has 0 amide bonds. The molecule has 9 rings (SSSR count). The van der Waals surface area contributed by atoms with Gasteiger partial charge in [-0.2, -0.15) is 0 Å². The lowest BCUT2D eigenvalue weighted by Gasteiger charge is -2.08. The molecule has 0 unspecified atom stereocenters. The first-order valence-corrected chi connectivity index (χ1v) is 15.6. The summed E-state index contributed by atoms with van der Waals surface area (Å²) in [4.78, 5) is 11.0. The van der Waals surface area contributed by atoms with Crippen molar-refractivity contribution in [1.29, 1.82) is 0 Å². The molecule has 0 fully saturated rings. The number of rotatable bonds is 3. The molecular weight excluding hydrogens is 549 g/mol. The van der Waals surface area contributed by atoms with Crippen molar-refractivity contribution >= 4 is 74.1 Å². The number of benzene rings is 6. The minimum Gasteiger partial charge on any atom is -0.251 e. The third kappa shape index (κ3) is 3.69. The molecule has 196 valence electrons. The Morgan fingerprint density at radius 3 is 2.17 bits per heavy atom. The molecule has 2 nitrogen and oxygen atoms in total. The van der Waals surface area contributed by atoms with Crippen molar-refractivity contribution in [3.8, 4) is 33.5 Å². The van der Waals surface area contributed by atoms with Gasteiger partial charge in [-0.05, 0) is 57.3 Å². The van der Waals surface area contributed by atoms with Gasteiger partial charge in [-0.25, -0.2) is 4.98 Å². The summed E-state index contributed by atoms with van der Waals surface area (Å²) < 4.78 is 3.87. The monoisotopic (exact) mass is 570 g/mol. The van der Waals surface area contributed by atoms with Crippen molar-refractivity contribution < 1.29 is 0 Å². The third-order valence-electron chi connectivity index (χ3n) is 8.16. The summed E-state index contributed by atoms with van der Waals surface area (Å²) in [7, 11) is 0. The van der Waals surface area contributed by atoms with Crippen LogP contribution in [0.15, 0.2) is 134 Å². The van der Waals surface area contributed by atoms with Gasteiger partial charge in [0.25, 0.3) is 0 Å². The fourth-order valence-electron chi connectivity index (χ4n) is 6.14. The van der Waals surface area contributed by atoms with Crippen LogP contribution in [0, 0.1) is 0 Å². The number of thiophene rings is 2. The number of fused-ring (bicyclic) bond motifs is 7. The lowest BCUT2D eigenvalue weighted by atomic mass is 9.97. The van der Waals surface area contributed by atoms with Gasteiger partial charge in [-0.3, -0.25) is 4.98 Å². The lowest BCUT2D eigenvalue weighted by molar-refractivity contribution is 1.32. The Morgan fingerprint density at radius 1 is 0.476 bits per heavy atom. The molecule has 0 saturated heterocycles. The highest BCUT2D eigenvalue weighted by Gasteiger charge is 2.14. The fourth-order valence-corrected chi connectivity index (χ4v) is 8.39. The normalized spacial score (nSPS) is 11.8. The zero-order chi connectivity index (χ0) is 27.6. The van der Waals surface area contributed by atoms with Crippen LogP contribution in [0.1, 0.15) is 0 Å². The van der Waals surface area contributed by atoms with Gasteiger partial charge in [0.2, 0.25) is 0 Å². The van der Waals surface area contributed by atoms with E-state index in [0.717, 1.165) is 27.0 Å². The maximum absolute atomic E-state index is 5.09. The predicted molar refractivity (Wildman–Crippen MR) is 182 cm³/mol. The SMILES string of the molecule is c1cc(-c2ccc3sc4nc(-c5cccc6ccccc56)cnc4c3c2)cc(-c2cccc3c2sc2ccccc23)c1. The van der Waals surface area contributed by atoms with Crippen molar-refractivity contribution in [2.24, 2.45) is 0 Å². The van der Waals surface area contributed by atoms with Crippen LogP contribution >= 0.6 is 22.7 Å². The fraction of sp³-hybridized carbons (Fsp3) is 0. The van der Waals surface area contributed by atoms with Crippen LogP contribution in [0.2, 0.25) is 0 Å². The second-order valence-corrected chi connectivity index (χ2v) is 12.7. The number of hydrogen-bond acceptors (Lipinski definition) is 4. The zero-order valence-corrected chi connectivity index (χ0v) is 24.0. The van der Waals surface area contributed by atoms with Crippen molar-refractivity contribution in [2.75, 3.05) is 0 Å². The maximum atomic E-state index is 5.09. The molecule has 0 radical (unpaired) electrons. The van der Waals surface area contributed by atoms with Crippen LogP contribution in [0.5, 0.6) is 0 Å². The summed E-state index contributed by atoms with van der Waals surface area (Å²) in [6.07, 6.45) is 1.93. The van der Waals surface area contributed by atoms with Crippen molar-refractivity contribution in [1.82, 2.24) is 9.97 Å². The van der Waals surface area contributed by atoms with Gasteiger partial charge in [-0.1, -0.05) is 103 Å². The second-order valence-electron chi connectivity index (χ2n) is 10.6. The van der Waals surface area contributed by atoms with Crippen LogP contribution in [0.4, 0.5) is 0 Å². The predicted octanol–water partition coefficient (Wildman–Crippen LogP) is 11.4. The number of aromatic nitrogens is 2. The molecule has 0 N–H and O–H groups in total. The Hall–Kier alpha value is -4.90. The largest absolute Gasteiger partial charge is 0.251 e. The molecule has 3 heterocycles. The van der Waals surface area contributed by atoms with Crippen molar-refractivity contribution in [3.05, 3.63) is 134 Å². The highest BCUT2D eigenvalue weighted by Crippen LogP contribution is 2.41. The third-order valence-corrected chi connectivity index (χ3v) is 10.4. The minimum absolute atomic E-state index is 0.911. The number of nitrogens with zero attached hydrogens (tertiary/aromatic N) is 2. The highest BCUT2D eigenvalue weighted by atomic mass is 32.1. The van der Waals surface area contributed by atoms with Gasteiger partial charge in [0.15, 0.2) is 0 Å². The van der Waals surface area contributed by atoms with Crippen LogP contribution in [0.25, 0.3) is 84.9 Å². The van der Waals surface area contributed by atoms with Gasteiger partial charge < -0.3 is 0 Å². The molecule has 0 aliphatic carbocycles. The summed E-state index contributed by atoms with van der Waals surface area (Å²) in [6.45, 7) is 0. The number of hydrogen-bond donors (Lipinski definition) is 0. The molecule has 4 heteroatoms. The van der Waals surface area contributed by atoms with E-state index in [0.29, 0.717) is 0 Å². The lowest BCUT2D eigenvalue weighted by Crippen LogP contribution is -1.87. The molecule has 0 aliphatic rings. The van der Waals surface area contributed by atoms with E-state index in [1.165, 1.54) is 57.9 Å². The molecule has 0 aliphatic heterocycles. The van der Waals surface area contributed by atoms with E-state index in [4.69, 9.17) is 9.97 Å². The van der Waals surface area contributed by atoms with E-state index in [9.17, 15) is 0 Å². The van der Waals surface area contributed by atoms with E-state index in [-0.39, 0.29) is 0 Å². The van der Waals surface area contributed by atoms with E-state index in [2.05, 4.69) is 127 Å². The summed E-state index contributed by atoms with van der Waals surface area (Å²) in [6, 6.07) is 45.8. The van der Waals surface area contributed by atoms with Crippen LogP contribution < -0.4 is 0 Å². The molecule has 0 atom stereocenters. The second kappa shape index (κ2) is 9.31. The van der Waals surface area contributed by atoms with Gasteiger partial charge in [-0.15, -0.1) is 22.7 Å². The van der Waals surface area contributed by atoms with Gasteiger partial charge in [0.1, 0.15) is 10.3 Å². The Labute approximate surface area is 250 Å². The molecule has 9 aromatic rings. The topological polar surface area (TPSA) is 25.8 Å². The van der Waals surface area contributed by atoms with Crippen LogP contribution in [-0.2, 0) is 0 Å². The Morgan fingerprint density at radius 2 is 1.19 bits per heavy atom. The van der Waals surface area contributed by atoms with Crippen molar-refractivity contribution in [3.63, 3.8) is 0 Å². The first kappa shape index (κ1) is 23.8. The maximum Gasteiger partial charge on any atom is 0.143 e. The summed E-state index contributed by atoms with van der Waals surface area (Å²) in [5.74, 6) is 0. The molecule has 3 aromatic heterocycles. The summed E-state index contributed by atoms with van der Waals surface area (Å²) in [5, 5.41) is 6.22. The summed E-state index contributed by atoms with van der Waals surface area (Å²) in [5.41, 5.74) is 7.90. The summed E-state index contributed by atoms with van der Waals surface area (Å²) >= 11 is 3.59. The standard InChI is InChI=1S/C38H22N2S2/c1-2-12-27-23(8-1)9-6-15-29(27)33-22-39-36-32-21-25(18-19-35(32)42-38(36)40-33)24-10-5-11-26(20-24)28-14-7-16-31-30-13-3-4-17-34(30)41-37(28)31/h1-22H. The average Bonchev–Trinajstić information content (AvgIpc) is 3.62. The molecule has 0 bridgehead atoms. The van der Waals surface area contributed by atoms with Gasteiger partial charge in [0.05, 0.1) is 11.9 Å². The van der Waals surface area contributed by atoms with Crippen LogP contribution in [-0.4, -0.2) is 9.97 Å². The Bertz CT molecular complexity index is 2480. The van der Waals surface area contributed by atoms with E-state index in [1.807, 2.05) is 17.5 Å². The molecular formula is C38H22N2S2. The Kier molecular flexibility index (Phi) is 5.27. The van der Waals surface area contributed by atoms with Gasteiger partial charge >= 0.3 is 0 Å². The first-order valence-electron chi connectivity index (χ1n) is 14.0. The van der Waals surface area contributed by atoms with Crippen molar-refractivity contribution in [2.45, 2.75) is 0 Å². The smallest absolute Gasteiger partial charge is 0.143 e. The van der Waals surface area contributed by atoms with E-state index in [1.54, 1.807) is 11.3 Å². The zero-order valence-electron chi connectivity index (χ0n) is 22.4. The Balaban J connectivity index is 1.15. The van der Waals surface area contributed by atoms with Gasteiger partial charge in [0, 0.05) is 35.8 Å². The molecule has 6 aromatic carbocycles. The average molecular weight is 571 g/mol.